The quantitative estimate of drug-likeness (QED) is 0.937. The summed E-state index contributed by atoms with van der Waals surface area (Å²) in [6.07, 6.45) is 0. The lowest BCUT2D eigenvalue weighted by Crippen LogP contribution is -2.34. The maximum Gasteiger partial charge on any atom is 0.322 e. The van der Waals surface area contributed by atoms with Crippen molar-refractivity contribution in [2.24, 2.45) is 0 Å². The number of nitrogens with zero attached hydrogens (tertiary/aromatic N) is 1. The summed E-state index contributed by atoms with van der Waals surface area (Å²) in [5, 5.41) is 2.59. The summed E-state index contributed by atoms with van der Waals surface area (Å²) in [5.74, 6) is 0.917. The molecule has 0 radical (unpaired) electrons. The standard InChI is InChI=1S/C17H17FN2O3/c1-2-20(17(21)19-14-6-4-3-5-13(14)18)10-12-7-8-15-16(9-12)23-11-22-15/h3-9H,2,10-11H2,1H3,(H,19,21). The van der Waals surface area contributed by atoms with Crippen LogP contribution >= 0.6 is 0 Å². The van der Waals surface area contributed by atoms with Gasteiger partial charge in [0.1, 0.15) is 5.82 Å². The van der Waals surface area contributed by atoms with Crippen molar-refractivity contribution in [2.75, 3.05) is 18.7 Å². The Morgan fingerprint density at radius 1 is 1.22 bits per heavy atom. The van der Waals surface area contributed by atoms with E-state index in [2.05, 4.69) is 5.32 Å². The molecule has 1 aliphatic rings. The number of benzene rings is 2. The third-order valence-electron chi connectivity index (χ3n) is 3.59. The highest BCUT2D eigenvalue weighted by Crippen LogP contribution is 2.32. The molecule has 0 atom stereocenters. The van der Waals surface area contributed by atoms with E-state index >= 15 is 0 Å². The number of rotatable bonds is 4. The monoisotopic (exact) mass is 316 g/mol. The highest BCUT2D eigenvalue weighted by Gasteiger charge is 2.17. The molecule has 0 aromatic heterocycles. The molecule has 6 heteroatoms. The molecule has 2 aromatic rings. The Morgan fingerprint density at radius 3 is 2.78 bits per heavy atom. The Labute approximate surface area is 133 Å². The van der Waals surface area contributed by atoms with Crippen molar-refractivity contribution in [1.82, 2.24) is 4.90 Å². The van der Waals surface area contributed by atoms with Crippen LogP contribution in [0, 0.1) is 5.82 Å². The molecule has 0 saturated heterocycles. The SMILES string of the molecule is CCN(Cc1ccc2c(c1)OCO2)C(=O)Nc1ccccc1F. The van der Waals surface area contributed by atoms with Crippen LogP contribution in [0.15, 0.2) is 42.5 Å². The molecule has 2 aromatic carbocycles. The second-order valence-corrected chi connectivity index (χ2v) is 5.11. The van der Waals surface area contributed by atoms with Crippen molar-refractivity contribution in [3.05, 3.63) is 53.8 Å². The summed E-state index contributed by atoms with van der Waals surface area (Å²) < 4.78 is 24.2. The highest BCUT2D eigenvalue weighted by atomic mass is 19.1. The molecule has 1 aliphatic heterocycles. The van der Waals surface area contributed by atoms with E-state index in [1.54, 1.807) is 17.0 Å². The van der Waals surface area contributed by atoms with E-state index in [-0.39, 0.29) is 18.5 Å². The van der Waals surface area contributed by atoms with Crippen molar-refractivity contribution < 1.29 is 18.7 Å². The Morgan fingerprint density at radius 2 is 2.00 bits per heavy atom. The first-order chi connectivity index (χ1) is 11.2. The maximum atomic E-state index is 13.6. The lowest BCUT2D eigenvalue weighted by atomic mass is 10.2. The van der Waals surface area contributed by atoms with Gasteiger partial charge in [-0.25, -0.2) is 9.18 Å². The van der Waals surface area contributed by atoms with E-state index in [9.17, 15) is 9.18 Å². The first-order valence-electron chi connectivity index (χ1n) is 7.36. The predicted octanol–water partition coefficient (Wildman–Crippen LogP) is 3.61. The number of urea groups is 1. The molecule has 1 heterocycles. The van der Waals surface area contributed by atoms with Gasteiger partial charge in [0.05, 0.1) is 5.69 Å². The number of hydrogen-bond donors (Lipinski definition) is 1. The molecule has 1 N–H and O–H groups in total. The average Bonchev–Trinajstić information content (AvgIpc) is 3.02. The number of carbonyl (C=O) groups is 1. The molecule has 0 spiro atoms. The Hall–Kier alpha value is -2.76. The number of anilines is 1. The largest absolute Gasteiger partial charge is 0.454 e. The van der Waals surface area contributed by atoms with E-state index < -0.39 is 5.82 Å². The van der Waals surface area contributed by atoms with E-state index in [0.717, 1.165) is 5.56 Å². The normalized spacial score (nSPS) is 12.1. The van der Waals surface area contributed by atoms with E-state index in [1.807, 2.05) is 25.1 Å². The highest BCUT2D eigenvalue weighted by molar-refractivity contribution is 5.89. The topological polar surface area (TPSA) is 50.8 Å². The molecule has 0 fully saturated rings. The van der Waals surface area contributed by atoms with Gasteiger partial charge in [-0.3, -0.25) is 0 Å². The summed E-state index contributed by atoms with van der Waals surface area (Å²) in [5.41, 5.74) is 1.08. The van der Waals surface area contributed by atoms with Crippen molar-refractivity contribution in [3.8, 4) is 11.5 Å². The van der Waals surface area contributed by atoms with Crippen LogP contribution in [0.3, 0.4) is 0 Å². The second kappa shape index (κ2) is 6.56. The molecule has 0 unspecified atom stereocenters. The van der Waals surface area contributed by atoms with Gasteiger partial charge in [-0.05, 0) is 36.8 Å². The molecular weight excluding hydrogens is 299 g/mol. The number of carbonyl (C=O) groups excluding carboxylic acids is 1. The van der Waals surface area contributed by atoms with Crippen LogP contribution < -0.4 is 14.8 Å². The van der Waals surface area contributed by atoms with E-state index in [1.165, 1.54) is 12.1 Å². The molecule has 0 bridgehead atoms. The fourth-order valence-corrected chi connectivity index (χ4v) is 2.34. The lowest BCUT2D eigenvalue weighted by molar-refractivity contribution is 0.174. The fraction of sp³-hybridized carbons (Fsp3) is 0.235. The van der Waals surface area contributed by atoms with Crippen molar-refractivity contribution in [1.29, 1.82) is 0 Å². The van der Waals surface area contributed by atoms with Crippen LogP contribution in [0.5, 0.6) is 11.5 Å². The summed E-state index contributed by atoms with van der Waals surface area (Å²) in [4.78, 5) is 13.9. The van der Waals surface area contributed by atoms with Crippen LogP contribution in [0.4, 0.5) is 14.9 Å². The van der Waals surface area contributed by atoms with Gasteiger partial charge < -0.3 is 19.7 Å². The molecule has 0 aliphatic carbocycles. The van der Waals surface area contributed by atoms with Gasteiger partial charge in [0.25, 0.3) is 0 Å². The number of amides is 2. The molecule has 120 valence electrons. The van der Waals surface area contributed by atoms with E-state index in [0.29, 0.717) is 24.6 Å². The minimum atomic E-state index is -0.458. The van der Waals surface area contributed by atoms with Gasteiger partial charge in [0, 0.05) is 13.1 Å². The van der Waals surface area contributed by atoms with Crippen LogP contribution in [-0.4, -0.2) is 24.3 Å². The van der Waals surface area contributed by atoms with Crippen LogP contribution in [0.25, 0.3) is 0 Å². The Kier molecular flexibility index (Phi) is 4.32. The fourth-order valence-electron chi connectivity index (χ4n) is 2.34. The summed E-state index contributed by atoms with van der Waals surface area (Å²) in [6, 6.07) is 11.3. The van der Waals surface area contributed by atoms with Crippen LogP contribution in [-0.2, 0) is 6.54 Å². The molecular formula is C17H17FN2O3. The van der Waals surface area contributed by atoms with Crippen LogP contribution in [0.2, 0.25) is 0 Å². The first-order valence-corrected chi connectivity index (χ1v) is 7.36. The third kappa shape index (κ3) is 3.36. The number of hydrogen-bond acceptors (Lipinski definition) is 3. The van der Waals surface area contributed by atoms with Gasteiger partial charge in [0.15, 0.2) is 11.5 Å². The first kappa shape index (κ1) is 15.1. The molecule has 3 rings (SSSR count). The average molecular weight is 316 g/mol. The second-order valence-electron chi connectivity index (χ2n) is 5.11. The molecule has 5 nitrogen and oxygen atoms in total. The third-order valence-corrected chi connectivity index (χ3v) is 3.59. The maximum absolute atomic E-state index is 13.6. The zero-order valence-electron chi connectivity index (χ0n) is 12.7. The van der Waals surface area contributed by atoms with Crippen molar-refractivity contribution >= 4 is 11.7 Å². The summed E-state index contributed by atoms with van der Waals surface area (Å²) in [7, 11) is 0. The summed E-state index contributed by atoms with van der Waals surface area (Å²) in [6.45, 7) is 2.97. The van der Waals surface area contributed by atoms with Gasteiger partial charge in [-0.2, -0.15) is 0 Å². The number of ether oxygens (including phenoxy) is 2. The summed E-state index contributed by atoms with van der Waals surface area (Å²) >= 11 is 0. The molecule has 23 heavy (non-hydrogen) atoms. The van der Waals surface area contributed by atoms with Crippen molar-refractivity contribution in [2.45, 2.75) is 13.5 Å². The van der Waals surface area contributed by atoms with E-state index in [4.69, 9.17) is 9.47 Å². The minimum Gasteiger partial charge on any atom is -0.454 e. The zero-order chi connectivity index (χ0) is 16.2. The van der Waals surface area contributed by atoms with Gasteiger partial charge in [-0.15, -0.1) is 0 Å². The smallest absolute Gasteiger partial charge is 0.322 e. The van der Waals surface area contributed by atoms with Gasteiger partial charge in [-0.1, -0.05) is 18.2 Å². The Bertz CT molecular complexity index is 721. The van der Waals surface area contributed by atoms with Gasteiger partial charge in [0.2, 0.25) is 6.79 Å². The van der Waals surface area contributed by atoms with Crippen LogP contribution in [0.1, 0.15) is 12.5 Å². The number of fused-ring (bicyclic) bond motifs is 1. The predicted molar refractivity (Wildman–Crippen MR) is 84.1 cm³/mol. The minimum absolute atomic E-state index is 0.168. The van der Waals surface area contributed by atoms with Crippen molar-refractivity contribution in [3.63, 3.8) is 0 Å². The zero-order valence-corrected chi connectivity index (χ0v) is 12.7. The number of halogens is 1. The number of para-hydroxylation sites is 1. The Balaban J connectivity index is 1.70. The number of nitrogens with one attached hydrogen (secondary N) is 1. The lowest BCUT2D eigenvalue weighted by Gasteiger charge is -2.21. The molecule has 0 saturated carbocycles. The van der Waals surface area contributed by atoms with Gasteiger partial charge >= 0.3 is 6.03 Å². The molecule has 2 amide bonds.